The summed E-state index contributed by atoms with van der Waals surface area (Å²) in [5.41, 5.74) is 16.0. The van der Waals surface area contributed by atoms with Gasteiger partial charge in [0.05, 0.1) is 39.0 Å². The fourth-order valence-electron chi connectivity index (χ4n) is 10.4. The number of fused-ring (bicyclic) bond motifs is 10. The van der Waals surface area contributed by atoms with Crippen molar-refractivity contribution in [1.82, 2.24) is 15.0 Å². The molecule has 0 atom stereocenters. The lowest BCUT2D eigenvalue weighted by molar-refractivity contribution is 0.769. The molecule has 0 spiro atoms. The van der Waals surface area contributed by atoms with Crippen LogP contribution in [0.5, 0.6) is 0 Å². The number of hydrogen-bond acceptors (Lipinski definition) is 3. The van der Waals surface area contributed by atoms with Crippen molar-refractivity contribution in [2.75, 3.05) is 0 Å². The summed E-state index contributed by atoms with van der Waals surface area (Å²) in [4.78, 5) is 15.8. The van der Waals surface area contributed by atoms with Crippen LogP contribution in [0.3, 0.4) is 0 Å². The fourth-order valence-corrected chi connectivity index (χ4v) is 10.4. The molecule has 12 aromatic rings. The summed E-state index contributed by atoms with van der Waals surface area (Å²) >= 11 is 0. The Hall–Kier alpha value is -8.27. The zero-order valence-corrected chi connectivity index (χ0v) is 34.2. The standard InChI is InChI=1S/C60H37N3/c1-4-14-38(15-5-1)54-32-30-39-24-25-40-31-33-55(62-59(40)58(39)61-54)43-28-26-42-35-44(29-27-41(42)34-43)57-51-36-50-47-20-10-12-22-52(47)60(45-16-6-2-7-17-45,46-18-8-3-9-19-46)53(50)37-49(51)48-21-11-13-23-56(48)63-57/h1-37H. The number of para-hydroxylation sites is 1. The SMILES string of the molecule is c1ccc(-c2ccc3ccc4ccc(-c5ccc6cc(-c7nc8ccccc8c8cc9c(cc78)-c7ccccc7C9(c7ccccc7)c7ccccc7)ccc6c5)nc4c3n2)cc1. The normalized spacial score (nSPS) is 12.9. The van der Waals surface area contributed by atoms with Gasteiger partial charge in [-0.05, 0) is 92.0 Å². The predicted molar refractivity (Wildman–Crippen MR) is 261 cm³/mol. The van der Waals surface area contributed by atoms with E-state index in [4.69, 9.17) is 15.0 Å². The Balaban J connectivity index is 0.968. The summed E-state index contributed by atoms with van der Waals surface area (Å²) in [5, 5.41) is 7.95. The summed E-state index contributed by atoms with van der Waals surface area (Å²) in [6, 6.07) is 81.1. The molecule has 3 heteroatoms. The van der Waals surface area contributed by atoms with Crippen LogP contribution in [0, 0.1) is 0 Å². The van der Waals surface area contributed by atoms with E-state index in [1.807, 2.05) is 6.07 Å². The average molecular weight is 800 g/mol. The first-order chi connectivity index (χ1) is 31.2. The fraction of sp³-hybridized carbons (Fsp3) is 0.0167. The highest BCUT2D eigenvalue weighted by atomic mass is 14.8. The third-order valence-electron chi connectivity index (χ3n) is 13.3. The van der Waals surface area contributed by atoms with Gasteiger partial charge in [0.15, 0.2) is 0 Å². The minimum absolute atomic E-state index is 0.484. The van der Waals surface area contributed by atoms with Gasteiger partial charge in [0, 0.05) is 38.2 Å². The van der Waals surface area contributed by atoms with Crippen LogP contribution >= 0.6 is 0 Å². The second kappa shape index (κ2) is 13.9. The van der Waals surface area contributed by atoms with E-state index < -0.39 is 5.41 Å². The third-order valence-corrected chi connectivity index (χ3v) is 13.3. The maximum Gasteiger partial charge on any atom is 0.0972 e. The molecule has 0 saturated carbocycles. The van der Waals surface area contributed by atoms with Crippen molar-refractivity contribution in [3.05, 3.63) is 247 Å². The zero-order chi connectivity index (χ0) is 41.5. The van der Waals surface area contributed by atoms with Gasteiger partial charge in [-0.2, -0.15) is 0 Å². The average Bonchev–Trinajstić information content (AvgIpc) is 3.65. The molecule has 3 nitrogen and oxygen atoms in total. The molecule has 0 N–H and O–H groups in total. The second-order valence-electron chi connectivity index (χ2n) is 16.7. The van der Waals surface area contributed by atoms with Gasteiger partial charge in [0.1, 0.15) is 0 Å². The van der Waals surface area contributed by atoms with Crippen LogP contribution in [0.25, 0.3) is 99.2 Å². The lowest BCUT2D eigenvalue weighted by atomic mass is 9.67. The lowest BCUT2D eigenvalue weighted by Gasteiger charge is -2.34. The predicted octanol–water partition coefficient (Wildman–Crippen LogP) is 15.0. The molecule has 9 aromatic carbocycles. The third kappa shape index (κ3) is 5.43. The zero-order valence-electron chi connectivity index (χ0n) is 34.2. The maximum atomic E-state index is 5.44. The van der Waals surface area contributed by atoms with Gasteiger partial charge in [-0.15, -0.1) is 0 Å². The van der Waals surface area contributed by atoms with Crippen LogP contribution in [0.15, 0.2) is 224 Å². The van der Waals surface area contributed by atoms with Crippen molar-refractivity contribution in [3.8, 4) is 44.9 Å². The molecule has 3 heterocycles. The van der Waals surface area contributed by atoms with E-state index in [2.05, 4.69) is 218 Å². The van der Waals surface area contributed by atoms with Crippen molar-refractivity contribution >= 4 is 54.3 Å². The minimum atomic E-state index is -0.484. The number of aromatic nitrogens is 3. The van der Waals surface area contributed by atoms with Crippen LogP contribution in [-0.2, 0) is 5.41 Å². The van der Waals surface area contributed by atoms with E-state index in [0.29, 0.717) is 0 Å². The molecule has 0 bridgehead atoms. The number of benzene rings is 9. The van der Waals surface area contributed by atoms with E-state index in [1.54, 1.807) is 0 Å². The van der Waals surface area contributed by atoms with E-state index in [9.17, 15) is 0 Å². The molecular weight excluding hydrogens is 763 g/mol. The number of rotatable bonds is 5. The number of pyridine rings is 3. The van der Waals surface area contributed by atoms with Gasteiger partial charge in [-0.3, -0.25) is 0 Å². The van der Waals surface area contributed by atoms with Crippen LogP contribution in [-0.4, -0.2) is 15.0 Å². The summed E-state index contributed by atoms with van der Waals surface area (Å²) in [6.45, 7) is 0. The maximum absolute atomic E-state index is 5.44. The Morgan fingerprint density at radius 3 is 1.54 bits per heavy atom. The van der Waals surface area contributed by atoms with Crippen LogP contribution in [0.1, 0.15) is 22.3 Å². The molecule has 0 aliphatic heterocycles. The van der Waals surface area contributed by atoms with E-state index in [-0.39, 0.29) is 0 Å². The highest BCUT2D eigenvalue weighted by Crippen LogP contribution is 2.57. The Morgan fingerprint density at radius 2 is 0.841 bits per heavy atom. The van der Waals surface area contributed by atoms with Crippen molar-refractivity contribution in [3.63, 3.8) is 0 Å². The molecule has 292 valence electrons. The molecule has 3 aromatic heterocycles. The first-order valence-corrected chi connectivity index (χ1v) is 21.6. The smallest absolute Gasteiger partial charge is 0.0972 e. The van der Waals surface area contributed by atoms with E-state index in [1.165, 1.54) is 38.8 Å². The Kier molecular flexibility index (Phi) is 7.82. The Labute approximate surface area is 364 Å². The molecule has 0 saturated heterocycles. The van der Waals surface area contributed by atoms with Gasteiger partial charge < -0.3 is 0 Å². The molecule has 1 aliphatic carbocycles. The summed E-state index contributed by atoms with van der Waals surface area (Å²) in [7, 11) is 0. The largest absolute Gasteiger partial charge is 0.247 e. The van der Waals surface area contributed by atoms with Crippen LogP contribution in [0.2, 0.25) is 0 Å². The van der Waals surface area contributed by atoms with Gasteiger partial charge in [0.25, 0.3) is 0 Å². The summed E-state index contributed by atoms with van der Waals surface area (Å²) < 4.78 is 0. The molecule has 1 aliphatic rings. The van der Waals surface area contributed by atoms with Gasteiger partial charge in [-0.25, -0.2) is 15.0 Å². The van der Waals surface area contributed by atoms with Gasteiger partial charge >= 0.3 is 0 Å². The lowest BCUT2D eigenvalue weighted by Crippen LogP contribution is -2.28. The van der Waals surface area contributed by atoms with E-state index in [0.717, 1.165) is 82.6 Å². The van der Waals surface area contributed by atoms with Gasteiger partial charge in [0.2, 0.25) is 0 Å². The van der Waals surface area contributed by atoms with Crippen molar-refractivity contribution in [2.24, 2.45) is 0 Å². The van der Waals surface area contributed by atoms with Crippen molar-refractivity contribution in [2.45, 2.75) is 5.41 Å². The first-order valence-electron chi connectivity index (χ1n) is 21.6. The van der Waals surface area contributed by atoms with Crippen molar-refractivity contribution in [1.29, 1.82) is 0 Å². The second-order valence-corrected chi connectivity index (χ2v) is 16.7. The van der Waals surface area contributed by atoms with Crippen molar-refractivity contribution < 1.29 is 0 Å². The van der Waals surface area contributed by atoms with E-state index >= 15 is 0 Å². The molecule has 63 heavy (non-hydrogen) atoms. The monoisotopic (exact) mass is 799 g/mol. The first kappa shape index (κ1) is 35.5. The highest BCUT2D eigenvalue weighted by Gasteiger charge is 2.46. The highest BCUT2D eigenvalue weighted by molar-refractivity contribution is 6.14. The van der Waals surface area contributed by atoms with Gasteiger partial charge in [-0.1, -0.05) is 182 Å². The Morgan fingerprint density at radius 1 is 0.302 bits per heavy atom. The number of nitrogens with zero attached hydrogens (tertiary/aromatic N) is 3. The summed E-state index contributed by atoms with van der Waals surface area (Å²) in [5.74, 6) is 0. The molecular formula is C60H37N3. The topological polar surface area (TPSA) is 38.7 Å². The minimum Gasteiger partial charge on any atom is -0.247 e. The molecule has 0 amide bonds. The summed E-state index contributed by atoms with van der Waals surface area (Å²) in [6.07, 6.45) is 0. The molecule has 0 fully saturated rings. The molecule has 13 rings (SSSR count). The molecule has 0 unspecified atom stereocenters. The Bertz CT molecular complexity index is 3750. The quantitative estimate of drug-likeness (QED) is 0.163. The molecule has 0 radical (unpaired) electrons. The van der Waals surface area contributed by atoms with Crippen LogP contribution in [0.4, 0.5) is 0 Å². The van der Waals surface area contributed by atoms with Crippen LogP contribution < -0.4 is 0 Å². The number of hydrogen-bond donors (Lipinski definition) is 0.